The number of carbonyl (C=O) groups is 1. The number of nitrogens with zero attached hydrogens (tertiary/aromatic N) is 2. The zero-order chi connectivity index (χ0) is 13.8. The van der Waals surface area contributed by atoms with Gasteiger partial charge in [-0.2, -0.15) is 0 Å². The van der Waals surface area contributed by atoms with E-state index in [9.17, 15) is 9.18 Å². The second-order valence-corrected chi connectivity index (χ2v) is 3.90. The van der Waals surface area contributed by atoms with Crippen molar-refractivity contribution in [2.24, 2.45) is 0 Å². The van der Waals surface area contributed by atoms with Crippen LogP contribution < -0.4 is 4.90 Å². The Kier molecular flexibility index (Phi) is 3.75. The first-order valence-corrected chi connectivity index (χ1v) is 5.66. The van der Waals surface area contributed by atoms with Crippen molar-refractivity contribution in [2.75, 3.05) is 19.1 Å². The number of para-hydroxylation sites is 1. The van der Waals surface area contributed by atoms with Gasteiger partial charge in [-0.25, -0.2) is 14.2 Å². The van der Waals surface area contributed by atoms with Gasteiger partial charge in [-0.05, 0) is 24.3 Å². The van der Waals surface area contributed by atoms with Crippen molar-refractivity contribution in [3.8, 4) is 0 Å². The molecule has 2 rings (SSSR count). The predicted octanol–water partition coefficient (Wildman–Crippen LogP) is 2.78. The van der Waals surface area contributed by atoms with Crippen LogP contribution in [0.3, 0.4) is 0 Å². The molecule has 0 unspecified atom stereocenters. The van der Waals surface area contributed by atoms with Gasteiger partial charge in [0, 0.05) is 13.2 Å². The predicted molar refractivity (Wildman–Crippen MR) is 70.0 cm³/mol. The maximum atomic E-state index is 13.7. The van der Waals surface area contributed by atoms with Gasteiger partial charge < -0.3 is 9.64 Å². The van der Waals surface area contributed by atoms with Crippen LogP contribution in [0.15, 0.2) is 42.6 Å². The fraction of sp³-hybridized carbons (Fsp3) is 0.143. The first-order valence-electron chi connectivity index (χ1n) is 5.66. The number of hydrogen-bond acceptors (Lipinski definition) is 4. The highest BCUT2D eigenvalue weighted by Crippen LogP contribution is 2.24. The summed E-state index contributed by atoms with van der Waals surface area (Å²) in [4.78, 5) is 17.1. The van der Waals surface area contributed by atoms with Crippen molar-refractivity contribution in [1.82, 2.24) is 4.98 Å². The van der Waals surface area contributed by atoms with Gasteiger partial charge in [0.15, 0.2) is 0 Å². The van der Waals surface area contributed by atoms with Crippen LogP contribution in [-0.2, 0) is 4.74 Å². The monoisotopic (exact) mass is 260 g/mol. The van der Waals surface area contributed by atoms with Crippen molar-refractivity contribution in [2.45, 2.75) is 0 Å². The van der Waals surface area contributed by atoms with E-state index in [0.717, 1.165) is 0 Å². The summed E-state index contributed by atoms with van der Waals surface area (Å²) in [5.41, 5.74) is 0.757. The highest BCUT2D eigenvalue weighted by Gasteiger charge is 2.12. The second-order valence-electron chi connectivity index (χ2n) is 3.90. The number of carbonyl (C=O) groups excluding carboxylic acids is 1. The molecule has 0 saturated heterocycles. The van der Waals surface area contributed by atoms with Crippen molar-refractivity contribution < 1.29 is 13.9 Å². The van der Waals surface area contributed by atoms with Crippen molar-refractivity contribution in [3.63, 3.8) is 0 Å². The van der Waals surface area contributed by atoms with Gasteiger partial charge >= 0.3 is 5.97 Å². The van der Waals surface area contributed by atoms with E-state index in [2.05, 4.69) is 9.72 Å². The molecule has 5 heteroatoms. The summed E-state index contributed by atoms with van der Waals surface area (Å²) in [6.45, 7) is 0. The normalized spacial score (nSPS) is 10.1. The van der Waals surface area contributed by atoms with E-state index >= 15 is 0 Å². The number of benzene rings is 1. The first-order chi connectivity index (χ1) is 9.13. The third-order valence-corrected chi connectivity index (χ3v) is 2.72. The minimum Gasteiger partial charge on any atom is -0.465 e. The molecule has 0 bridgehead atoms. The van der Waals surface area contributed by atoms with E-state index < -0.39 is 5.97 Å². The van der Waals surface area contributed by atoms with E-state index in [-0.39, 0.29) is 5.82 Å². The topological polar surface area (TPSA) is 42.4 Å². The van der Waals surface area contributed by atoms with Gasteiger partial charge in [-0.3, -0.25) is 0 Å². The van der Waals surface area contributed by atoms with Gasteiger partial charge in [0.1, 0.15) is 11.6 Å². The lowest BCUT2D eigenvalue weighted by Gasteiger charge is -2.19. The van der Waals surface area contributed by atoms with Crippen LogP contribution in [0.25, 0.3) is 0 Å². The summed E-state index contributed by atoms with van der Waals surface area (Å²) in [5.74, 6) is -0.339. The molecule has 0 aliphatic rings. The number of esters is 1. The van der Waals surface area contributed by atoms with Gasteiger partial charge in [-0.15, -0.1) is 0 Å². The average Bonchev–Trinajstić information content (AvgIpc) is 2.46. The summed E-state index contributed by atoms with van der Waals surface area (Å²) < 4.78 is 18.3. The molecular formula is C14H13FN2O2. The van der Waals surface area contributed by atoms with E-state index in [0.29, 0.717) is 17.1 Å². The largest absolute Gasteiger partial charge is 0.465 e. The highest BCUT2D eigenvalue weighted by molar-refractivity contribution is 5.90. The van der Waals surface area contributed by atoms with Gasteiger partial charge in [0.25, 0.3) is 0 Å². The number of hydrogen-bond donors (Lipinski definition) is 0. The molecule has 0 N–H and O–H groups in total. The van der Waals surface area contributed by atoms with Gasteiger partial charge in [0.05, 0.1) is 18.4 Å². The minimum absolute atomic E-state index is 0.352. The van der Waals surface area contributed by atoms with E-state index in [1.54, 1.807) is 42.3 Å². The molecule has 0 spiro atoms. The standard InChI is InChI=1S/C14H13FN2O2/c1-17(12-6-4-3-5-11(12)15)13-9-10(7-8-16-13)14(18)19-2/h3-9H,1-2H3. The molecule has 0 amide bonds. The van der Waals surface area contributed by atoms with Crippen LogP contribution in [0.4, 0.5) is 15.9 Å². The number of halogens is 1. The molecule has 1 heterocycles. The van der Waals surface area contributed by atoms with Crippen molar-refractivity contribution in [3.05, 3.63) is 54.0 Å². The molecular weight excluding hydrogens is 247 g/mol. The SMILES string of the molecule is COC(=O)c1ccnc(N(C)c2ccccc2F)c1. The van der Waals surface area contributed by atoms with Crippen LogP contribution in [0.2, 0.25) is 0 Å². The Morgan fingerprint density at radius 3 is 2.74 bits per heavy atom. The molecule has 1 aromatic heterocycles. The minimum atomic E-state index is -0.453. The average molecular weight is 260 g/mol. The molecule has 0 atom stereocenters. The van der Waals surface area contributed by atoms with E-state index in [1.165, 1.54) is 19.4 Å². The maximum Gasteiger partial charge on any atom is 0.338 e. The Morgan fingerprint density at radius 1 is 1.32 bits per heavy atom. The van der Waals surface area contributed by atoms with E-state index in [1.807, 2.05) is 0 Å². The smallest absolute Gasteiger partial charge is 0.338 e. The van der Waals surface area contributed by atoms with Crippen LogP contribution in [0, 0.1) is 5.82 Å². The van der Waals surface area contributed by atoms with Crippen molar-refractivity contribution >= 4 is 17.5 Å². The second kappa shape index (κ2) is 5.48. The Balaban J connectivity index is 2.37. The highest BCUT2D eigenvalue weighted by atomic mass is 19.1. The fourth-order valence-electron chi connectivity index (χ4n) is 1.69. The summed E-state index contributed by atoms with van der Waals surface area (Å²) in [6.07, 6.45) is 1.49. The van der Waals surface area contributed by atoms with Gasteiger partial charge in [0.2, 0.25) is 0 Å². The molecule has 19 heavy (non-hydrogen) atoms. The fourth-order valence-corrected chi connectivity index (χ4v) is 1.69. The van der Waals surface area contributed by atoms with Crippen LogP contribution in [-0.4, -0.2) is 25.1 Å². The summed E-state index contributed by atoms with van der Waals surface area (Å²) in [7, 11) is 2.99. The molecule has 2 aromatic rings. The Labute approximate surface area is 110 Å². The lowest BCUT2D eigenvalue weighted by molar-refractivity contribution is 0.0600. The Bertz CT molecular complexity index is 602. The lowest BCUT2D eigenvalue weighted by Crippen LogP contribution is -2.13. The number of rotatable bonds is 3. The quantitative estimate of drug-likeness (QED) is 0.796. The maximum absolute atomic E-state index is 13.7. The Hall–Kier alpha value is -2.43. The van der Waals surface area contributed by atoms with Crippen LogP contribution >= 0.6 is 0 Å². The Morgan fingerprint density at radius 2 is 2.05 bits per heavy atom. The number of ether oxygens (including phenoxy) is 1. The van der Waals surface area contributed by atoms with Crippen molar-refractivity contribution in [1.29, 1.82) is 0 Å². The molecule has 0 saturated carbocycles. The zero-order valence-electron chi connectivity index (χ0n) is 10.6. The third kappa shape index (κ3) is 2.70. The molecule has 98 valence electrons. The summed E-state index contributed by atoms with van der Waals surface area (Å²) >= 11 is 0. The molecule has 0 radical (unpaired) electrons. The number of pyridine rings is 1. The molecule has 4 nitrogen and oxygen atoms in total. The summed E-state index contributed by atoms with van der Waals surface area (Å²) in [5, 5.41) is 0. The number of aromatic nitrogens is 1. The molecule has 1 aromatic carbocycles. The lowest BCUT2D eigenvalue weighted by atomic mass is 10.2. The van der Waals surface area contributed by atoms with Crippen LogP contribution in [0.5, 0.6) is 0 Å². The molecule has 0 fully saturated rings. The number of methoxy groups -OCH3 is 1. The molecule has 0 aliphatic heterocycles. The first kappa shape index (κ1) is 13.0. The van der Waals surface area contributed by atoms with E-state index in [4.69, 9.17) is 0 Å². The molecule has 0 aliphatic carbocycles. The summed E-state index contributed by atoms with van der Waals surface area (Å²) in [6, 6.07) is 9.46. The zero-order valence-corrected chi connectivity index (χ0v) is 10.6. The van der Waals surface area contributed by atoms with Crippen LogP contribution in [0.1, 0.15) is 10.4 Å². The number of anilines is 2. The van der Waals surface area contributed by atoms with Gasteiger partial charge in [-0.1, -0.05) is 12.1 Å². The third-order valence-electron chi connectivity index (χ3n) is 2.72.